The molecule has 106 valence electrons. The van der Waals surface area contributed by atoms with Crippen molar-refractivity contribution < 1.29 is 0 Å². The van der Waals surface area contributed by atoms with Gasteiger partial charge in [0.2, 0.25) is 0 Å². The van der Waals surface area contributed by atoms with Crippen LogP contribution in [-0.2, 0) is 0 Å². The van der Waals surface area contributed by atoms with Crippen molar-refractivity contribution in [2.45, 2.75) is 59.9 Å². The normalized spacial score (nSPS) is 24.6. The summed E-state index contributed by atoms with van der Waals surface area (Å²) < 4.78 is 0. The predicted octanol–water partition coefficient (Wildman–Crippen LogP) is 4.30. The monoisotopic (exact) mass is 259 g/mol. The average Bonchev–Trinajstić information content (AvgIpc) is 2.23. The zero-order chi connectivity index (χ0) is 14.7. The van der Waals surface area contributed by atoms with Crippen molar-refractivity contribution in [2.24, 2.45) is 23.0 Å². The molecule has 1 heteroatoms. The van der Waals surface area contributed by atoms with Crippen molar-refractivity contribution in [1.29, 1.82) is 0 Å². The van der Waals surface area contributed by atoms with E-state index in [1.807, 2.05) is 13.8 Å². The van der Waals surface area contributed by atoms with Crippen molar-refractivity contribution in [3.05, 3.63) is 23.8 Å². The first kappa shape index (κ1) is 16.1. The highest BCUT2D eigenvalue weighted by Crippen LogP contribution is 2.41. The van der Waals surface area contributed by atoms with Crippen LogP contribution in [0.1, 0.15) is 54.4 Å². The molecular formula is C18H29N. The van der Waals surface area contributed by atoms with E-state index in [-0.39, 0.29) is 5.92 Å². The molecule has 0 saturated heterocycles. The summed E-state index contributed by atoms with van der Waals surface area (Å²) in [5.74, 6) is 7.12. The SMILES string of the molecule is CC1=CCCC(C)(C)C1C=CC(C)C#CC(C)(C)N. The molecule has 0 aromatic carbocycles. The van der Waals surface area contributed by atoms with Gasteiger partial charge in [0.05, 0.1) is 5.54 Å². The van der Waals surface area contributed by atoms with Gasteiger partial charge in [-0.3, -0.25) is 0 Å². The van der Waals surface area contributed by atoms with E-state index >= 15 is 0 Å². The Labute approximate surface area is 119 Å². The van der Waals surface area contributed by atoms with Crippen molar-refractivity contribution in [2.75, 3.05) is 0 Å². The molecule has 2 unspecified atom stereocenters. The minimum atomic E-state index is -0.401. The Balaban J connectivity index is 2.77. The Morgan fingerprint density at radius 3 is 2.63 bits per heavy atom. The van der Waals surface area contributed by atoms with Crippen molar-refractivity contribution >= 4 is 0 Å². The van der Waals surface area contributed by atoms with Gasteiger partial charge in [0.1, 0.15) is 0 Å². The first-order chi connectivity index (χ1) is 8.62. The lowest BCUT2D eigenvalue weighted by atomic mass is 9.68. The summed E-state index contributed by atoms with van der Waals surface area (Å²) in [5, 5.41) is 0. The van der Waals surface area contributed by atoms with E-state index in [9.17, 15) is 0 Å². The largest absolute Gasteiger partial charge is 0.316 e. The van der Waals surface area contributed by atoms with Crippen LogP contribution < -0.4 is 5.73 Å². The van der Waals surface area contributed by atoms with E-state index in [0.29, 0.717) is 11.3 Å². The van der Waals surface area contributed by atoms with Gasteiger partial charge in [-0.05, 0) is 46.0 Å². The summed E-state index contributed by atoms with van der Waals surface area (Å²) >= 11 is 0. The van der Waals surface area contributed by atoms with Crippen LogP contribution >= 0.6 is 0 Å². The van der Waals surface area contributed by atoms with Crippen LogP contribution in [-0.4, -0.2) is 5.54 Å². The highest BCUT2D eigenvalue weighted by molar-refractivity contribution is 5.22. The molecule has 0 radical (unpaired) electrons. The standard InChI is InChI=1S/C18H29N/c1-14(11-13-18(5,6)19)9-10-16-15(2)8-7-12-17(16,3)4/h8-10,14,16H,7,12,19H2,1-6H3. The minimum absolute atomic E-state index is 0.258. The van der Waals surface area contributed by atoms with Crippen LogP contribution in [0.2, 0.25) is 0 Å². The third kappa shape index (κ3) is 5.25. The molecule has 2 N–H and O–H groups in total. The maximum absolute atomic E-state index is 5.88. The van der Waals surface area contributed by atoms with Crippen LogP contribution in [0, 0.1) is 29.1 Å². The first-order valence-electron chi connectivity index (χ1n) is 7.28. The molecule has 0 spiro atoms. The van der Waals surface area contributed by atoms with Gasteiger partial charge in [0.25, 0.3) is 0 Å². The van der Waals surface area contributed by atoms with Crippen LogP contribution in [0.5, 0.6) is 0 Å². The lowest BCUT2D eigenvalue weighted by molar-refractivity contribution is 0.255. The third-order valence-electron chi connectivity index (χ3n) is 3.80. The lowest BCUT2D eigenvalue weighted by Gasteiger charge is -2.36. The molecule has 1 aliphatic rings. The molecule has 0 aromatic heterocycles. The Hall–Kier alpha value is -1.00. The van der Waals surface area contributed by atoms with Crippen molar-refractivity contribution in [1.82, 2.24) is 0 Å². The van der Waals surface area contributed by atoms with Gasteiger partial charge in [-0.25, -0.2) is 0 Å². The molecule has 1 nitrogen and oxygen atoms in total. The van der Waals surface area contributed by atoms with Gasteiger partial charge in [-0.2, -0.15) is 0 Å². The average molecular weight is 259 g/mol. The number of allylic oxidation sites excluding steroid dienone is 4. The topological polar surface area (TPSA) is 26.0 Å². The molecule has 0 heterocycles. The Morgan fingerprint density at radius 2 is 2.11 bits per heavy atom. The second-order valence-electron chi connectivity index (χ2n) is 7.12. The lowest BCUT2D eigenvalue weighted by Crippen LogP contribution is -2.29. The third-order valence-corrected chi connectivity index (χ3v) is 3.80. The predicted molar refractivity (Wildman–Crippen MR) is 84.6 cm³/mol. The minimum Gasteiger partial charge on any atom is -0.316 e. The Kier molecular flexibility index (Phi) is 5.04. The van der Waals surface area contributed by atoms with Crippen LogP contribution in [0.4, 0.5) is 0 Å². The molecular weight excluding hydrogens is 230 g/mol. The van der Waals surface area contributed by atoms with Gasteiger partial charge in [0, 0.05) is 11.8 Å². The van der Waals surface area contributed by atoms with Gasteiger partial charge in [0.15, 0.2) is 0 Å². The second kappa shape index (κ2) is 5.97. The van der Waals surface area contributed by atoms with Crippen LogP contribution in [0.3, 0.4) is 0 Å². The molecule has 1 aliphatic carbocycles. The molecule has 19 heavy (non-hydrogen) atoms. The highest BCUT2D eigenvalue weighted by Gasteiger charge is 2.30. The number of hydrogen-bond donors (Lipinski definition) is 1. The van der Waals surface area contributed by atoms with Crippen LogP contribution in [0.25, 0.3) is 0 Å². The van der Waals surface area contributed by atoms with Gasteiger partial charge in [-0.1, -0.05) is 49.5 Å². The fourth-order valence-electron chi connectivity index (χ4n) is 2.61. The summed E-state index contributed by atoms with van der Waals surface area (Å²) in [4.78, 5) is 0. The first-order valence-corrected chi connectivity index (χ1v) is 7.28. The fourth-order valence-corrected chi connectivity index (χ4v) is 2.61. The molecule has 0 amide bonds. The summed E-state index contributed by atoms with van der Waals surface area (Å²) in [5.41, 5.74) is 7.33. The molecule has 0 bridgehead atoms. The zero-order valence-electron chi connectivity index (χ0n) is 13.4. The molecule has 0 aromatic rings. The van der Waals surface area contributed by atoms with E-state index in [0.717, 1.165) is 0 Å². The van der Waals surface area contributed by atoms with E-state index in [4.69, 9.17) is 5.73 Å². The smallest absolute Gasteiger partial charge is 0.0719 e. The Morgan fingerprint density at radius 1 is 1.47 bits per heavy atom. The van der Waals surface area contributed by atoms with E-state index in [1.165, 1.54) is 18.4 Å². The molecule has 1 rings (SSSR count). The summed E-state index contributed by atoms with van der Waals surface area (Å²) in [6.07, 6.45) is 9.41. The van der Waals surface area contributed by atoms with E-state index in [1.54, 1.807) is 0 Å². The summed E-state index contributed by atoms with van der Waals surface area (Å²) in [6.45, 7) is 13.0. The van der Waals surface area contributed by atoms with E-state index < -0.39 is 5.54 Å². The molecule has 0 saturated carbocycles. The number of nitrogens with two attached hydrogens (primary N) is 1. The van der Waals surface area contributed by atoms with Gasteiger partial charge >= 0.3 is 0 Å². The van der Waals surface area contributed by atoms with Crippen molar-refractivity contribution in [3.8, 4) is 11.8 Å². The fraction of sp³-hybridized carbons (Fsp3) is 0.667. The number of hydrogen-bond acceptors (Lipinski definition) is 1. The van der Waals surface area contributed by atoms with Gasteiger partial charge in [-0.15, -0.1) is 0 Å². The van der Waals surface area contributed by atoms with Crippen LogP contribution in [0.15, 0.2) is 23.8 Å². The van der Waals surface area contributed by atoms with Gasteiger partial charge < -0.3 is 5.73 Å². The molecule has 0 fully saturated rings. The number of rotatable bonds is 2. The summed E-state index contributed by atoms with van der Waals surface area (Å²) in [7, 11) is 0. The highest BCUT2D eigenvalue weighted by atomic mass is 14.7. The Bertz CT molecular complexity index is 421. The second-order valence-corrected chi connectivity index (χ2v) is 7.12. The maximum Gasteiger partial charge on any atom is 0.0719 e. The van der Waals surface area contributed by atoms with E-state index in [2.05, 4.69) is 57.8 Å². The summed E-state index contributed by atoms with van der Waals surface area (Å²) in [6, 6.07) is 0. The van der Waals surface area contributed by atoms with Crippen molar-refractivity contribution in [3.63, 3.8) is 0 Å². The maximum atomic E-state index is 5.88. The quantitative estimate of drug-likeness (QED) is 0.580. The molecule has 0 aliphatic heterocycles. The zero-order valence-corrected chi connectivity index (χ0v) is 13.4. The molecule has 2 atom stereocenters.